The van der Waals surface area contributed by atoms with Crippen molar-refractivity contribution in [1.29, 1.82) is 0 Å². The lowest BCUT2D eigenvalue weighted by Crippen LogP contribution is -2.60. The number of likely N-dealkylation sites (tertiary alicyclic amines) is 1. The Kier molecular flexibility index (Phi) is 8.37. The molecule has 2 aliphatic rings. The molecule has 3 amide bonds. The van der Waals surface area contributed by atoms with Crippen molar-refractivity contribution in [2.75, 3.05) is 19.6 Å². The number of urea groups is 1. The Hall–Kier alpha value is -2.58. The van der Waals surface area contributed by atoms with Crippen molar-refractivity contribution in [3.63, 3.8) is 0 Å². The second kappa shape index (κ2) is 11.0. The van der Waals surface area contributed by atoms with Crippen molar-refractivity contribution in [2.45, 2.75) is 66.0 Å². The monoisotopic (exact) mass is 457 g/mol. The first-order valence-electron chi connectivity index (χ1n) is 12.0. The molecule has 2 atom stereocenters. The third-order valence-corrected chi connectivity index (χ3v) is 6.08. The van der Waals surface area contributed by atoms with E-state index >= 15 is 0 Å². The van der Waals surface area contributed by atoms with Gasteiger partial charge in [0.25, 0.3) is 0 Å². The SMILES string of the molecule is CC(C)CCC(=O)C1=N[N+](CC(C)C)(C(=O)N[C@H]2CCCN2CCc2ccccc2)C(=O)O1. The van der Waals surface area contributed by atoms with Gasteiger partial charge < -0.3 is 4.74 Å². The van der Waals surface area contributed by atoms with E-state index in [1.807, 2.05) is 45.9 Å². The van der Waals surface area contributed by atoms with Gasteiger partial charge in [0.05, 0.1) is 6.17 Å². The minimum Gasteiger partial charge on any atom is -0.350 e. The smallest absolute Gasteiger partial charge is 0.350 e. The van der Waals surface area contributed by atoms with Crippen LogP contribution in [0.4, 0.5) is 9.59 Å². The number of hydrogen-bond donors (Lipinski definition) is 1. The summed E-state index contributed by atoms with van der Waals surface area (Å²) >= 11 is 0. The summed E-state index contributed by atoms with van der Waals surface area (Å²) in [5, 5.41) is 7.31. The predicted molar refractivity (Wildman–Crippen MR) is 126 cm³/mol. The number of carbonyl (C=O) groups excluding carboxylic acids is 3. The van der Waals surface area contributed by atoms with Crippen LogP contribution in [0.5, 0.6) is 0 Å². The molecule has 33 heavy (non-hydrogen) atoms. The average molecular weight is 458 g/mol. The van der Waals surface area contributed by atoms with Gasteiger partial charge in [-0.15, -0.1) is 0 Å². The van der Waals surface area contributed by atoms with E-state index < -0.39 is 16.7 Å². The summed E-state index contributed by atoms with van der Waals surface area (Å²) in [7, 11) is 0. The fourth-order valence-corrected chi connectivity index (χ4v) is 4.29. The molecule has 1 aromatic carbocycles. The number of amides is 3. The summed E-state index contributed by atoms with van der Waals surface area (Å²) in [4.78, 5) is 41.1. The van der Waals surface area contributed by atoms with E-state index in [2.05, 4.69) is 27.5 Å². The maximum atomic E-state index is 13.4. The molecule has 1 unspecified atom stereocenters. The molecule has 180 valence electrons. The van der Waals surface area contributed by atoms with Crippen molar-refractivity contribution in [3.05, 3.63) is 35.9 Å². The molecule has 0 aliphatic carbocycles. The van der Waals surface area contributed by atoms with Gasteiger partial charge in [-0.05, 0) is 46.9 Å². The Labute approximate surface area is 196 Å². The lowest BCUT2D eigenvalue weighted by Gasteiger charge is -2.28. The molecule has 0 spiro atoms. The van der Waals surface area contributed by atoms with Gasteiger partial charge in [0, 0.05) is 25.4 Å². The number of nitrogens with zero attached hydrogens (tertiary/aromatic N) is 3. The molecule has 3 rings (SSSR count). The average Bonchev–Trinajstić information content (AvgIpc) is 3.35. The van der Waals surface area contributed by atoms with Gasteiger partial charge in [-0.3, -0.25) is 15.0 Å². The molecule has 0 bridgehead atoms. The van der Waals surface area contributed by atoms with Crippen molar-refractivity contribution in [1.82, 2.24) is 10.2 Å². The van der Waals surface area contributed by atoms with E-state index in [1.54, 1.807) is 0 Å². The minimum atomic E-state index is -0.858. The molecule has 8 heteroatoms. The number of ketones is 1. The fourth-order valence-electron chi connectivity index (χ4n) is 4.29. The second-order valence-corrected chi connectivity index (χ2v) is 9.85. The molecular formula is C25H37N4O4+. The van der Waals surface area contributed by atoms with E-state index in [-0.39, 0.29) is 36.7 Å². The molecule has 2 aliphatic heterocycles. The normalized spacial score (nSPS) is 23.2. The quantitative estimate of drug-likeness (QED) is 0.529. The number of quaternary nitrogens is 1. The van der Waals surface area contributed by atoms with Gasteiger partial charge in [0.15, 0.2) is 0 Å². The van der Waals surface area contributed by atoms with Gasteiger partial charge in [-0.1, -0.05) is 58.0 Å². The molecule has 0 saturated carbocycles. The number of benzene rings is 1. The van der Waals surface area contributed by atoms with Gasteiger partial charge in [-0.25, -0.2) is 4.79 Å². The maximum absolute atomic E-state index is 13.4. The fraction of sp³-hybridized carbons (Fsp3) is 0.600. The summed E-state index contributed by atoms with van der Waals surface area (Å²) in [5.41, 5.74) is 1.25. The Morgan fingerprint density at radius 1 is 1.18 bits per heavy atom. The van der Waals surface area contributed by atoms with Crippen LogP contribution in [-0.4, -0.2) is 59.1 Å². The number of hydrogen-bond acceptors (Lipinski definition) is 6. The zero-order chi connectivity index (χ0) is 24.0. The Balaban J connectivity index is 1.72. The summed E-state index contributed by atoms with van der Waals surface area (Å²) in [5.74, 6) is -0.244. The first-order valence-corrected chi connectivity index (χ1v) is 12.0. The predicted octanol–water partition coefficient (Wildman–Crippen LogP) is 4.30. The number of carbonyl (C=O) groups is 3. The van der Waals surface area contributed by atoms with E-state index in [4.69, 9.17) is 4.74 Å². The molecule has 0 aromatic heterocycles. The largest absolute Gasteiger partial charge is 0.560 e. The molecular weight excluding hydrogens is 420 g/mol. The van der Waals surface area contributed by atoms with E-state index in [0.717, 1.165) is 32.4 Å². The summed E-state index contributed by atoms with van der Waals surface area (Å²) < 4.78 is 4.39. The third kappa shape index (κ3) is 6.26. The van der Waals surface area contributed by atoms with Crippen LogP contribution in [0.3, 0.4) is 0 Å². The van der Waals surface area contributed by atoms with Crippen LogP contribution in [0, 0.1) is 11.8 Å². The highest BCUT2D eigenvalue weighted by Gasteiger charge is 2.56. The lowest BCUT2D eigenvalue weighted by atomic mass is 10.1. The van der Waals surface area contributed by atoms with E-state index in [9.17, 15) is 14.4 Å². The van der Waals surface area contributed by atoms with Crippen LogP contribution in [0.15, 0.2) is 35.4 Å². The van der Waals surface area contributed by atoms with Crippen molar-refractivity contribution >= 4 is 23.8 Å². The number of imide groups is 1. The number of Topliss-reactive ketones (excluding diaryl/α,β-unsaturated/α-hetero) is 1. The number of ether oxygens (including phenoxy) is 1. The molecule has 1 fully saturated rings. The molecule has 1 aromatic rings. The number of nitrogens with one attached hydrogen (secondary N) is 1. The highest BCUT2D eigenvalue weighted by Crippen LogP contribution is 2.25. The van der Waals surface area contributed by atoms with Gasteiger partial charge >= 0.3 is 18.0 Å². The maximum Gasteiger partial charge on any atom is 0.560 e. The van der Waals surface area contributed by atoms with Crippen LogP contribution >= 0.6 is 0 Å². The highest BCUT2D eigenvalue weighted by atomic mass is 16.6. The van der Waals surface area contributed by atoms with Crippen LogP contribution in [0.2, 0.25) is 0 Å². The summed E-state index contributed by atoms with van der Waals surface area (Å²) in [6.45, 7) is 9.70. The highest BCUT2D eigenvalue weighted by molar-refractivity contribution is 6.38. The summed E-state index contributed by atoms with van der Waals surface area (Å²) in [6, 6.07) is 9.71. The van der Waals surface area contributed by atoms with Gasteiger partial charge in [-0.2, -0.15) is 4.79 Å². The molecule has 1 N–H and O–H groups in total. The third-order valence-electron chi connectivity index (χ3n) is 6.08. The topological polar surface area (TPSA) is 88.1 Å². The van der Waals surface area contributed by atoms with Crippen molar-refractivity contribution < 1.29 is 23.7 Å². The Bertz CT molecular complexity index is 884. The molecule has 8 nitrogen and oxygen atoms in total. The first kappa shape index (κ1) is 25.1. The Morgan fingerprint density at radius 3 is 2.58 bits per heavy atom. The number of cyclic esters (lactones) is 1. The number of rotatable bonds is 10. The zero-order valence-electron chi connectivity index (χ0n) is 20.3. The Morgan fingerprint density at radius 2 is 1.91 bits per heavy atom. The van der Waals surface area contributed by atoms with Crippen molar-refractivity contribution in [3.8, 4) is 0 Å². The van der Waals surface area contributed by atoms with Crippen LogP contribution in [0.1, 0.15) is 58.9 Å². The molecule has 0 radical (unpaired) electrons. The van der Waals surface area contributed by atoms with Gasteiger partial charge in [0.1, 0.15) is 6.54 Å². The first-order chi connectivity index (χ1) is 15.7. The van der Waals surface area contributed by atoms with E-state index in [1.165, 1.54) is 5.56 Å². The van der Waals surface area contributed by atoms with Crippen LogP contribution in [-0.2, 0) is 16.0 Å². The van der Waals surface area contributed by atoms with Crippen molar-refractivity contribution in [2.24, 2.45) is 16.9 Å². The zero-order valence-corrected chi connectivity index (χ0v) is 20.3. The van der Waals surface area contributed by atoms with Gasteiger partial charge in [0.2, 0.25) is 5.78 Å². The standard InChI is InChI=1S/C25H36N4O4/c1-18(2)12-13-21(30)23-27-29(17-19(3)4,25(32)33-23)24(31)26-22-11-8-15-28(22)16-14-20-9-6-5-7-10-20/h5-7,9-10,18-19,22H,8,11-17H2,1-4H3/p+1/t22-,29?/m1/s1. The summed E-state index contributed by atoms with van der Waals surface area (Å²) in [6.07, 6.45) is 2.59. The lowest BCUT2D eigenvalue weighted by molar-refractivity contribution is -0.779. The molecule has 2 heterocycles. The second-order valence-electron chi connectivity index (χ2n) is 9.85. The van der Waals surface area contributed by atoms with Crippen LogP contribution < -0.4 is 5.32 Å². The van der Waals surface area contributed by atoms with E-state index in [0.29, 0.717) is 12.3 Å². The van der Waals surface area contributed by atoms with Crippen LogP contribution in [0.25, 0.3) is 0 Å². The minimum absolute atomic E-state index is 0.00470. The molecule has 1 saturated heterocycles.